The van der Waals surface area contributed by atoms with Crippen molar-refractivity contribution < 1.29 is 0 Å². The summed E-state index contributed by atoms with van der Waals surface area (Å²) in [4.78, 5) is 9.48. The van der Waals surface area contributed by atoms with E-state index in [1.165, 1.54) is 56.3 Å². The van der Waals surface area contributed by atoms with Crippen LogP contribution < -0.4 is 10.6 Å². The van der Waals surface area contributed by atoms with Crippen LogP contribution in [0.4, 0.5) is 0 Å². The number of halogens is 1. The van der Waals surface area contributed by atoms with Gasteiger partial charge in [0.2, 0.25) is 0 Å². The van der Waals surface area contributed by atoms with Gasteiger partial charge in [0.25, 0.3) is 0 Å². The summed E-state index contributed by atoms with van der Waals surface area (Å²) in [7, 11) is 1.84. The summed E-state index contributed by atoms with van der Waals surface area (Å²) in [6.07, 6.45) is 6.84. The number of likely N-dealkylation sites (tertiary alicyclic amines) is 1. The molecular weight excluding hydrogens is 461 g/mol. The van der Waals surface area contributed by atoms with Crippen LogP contribution in [0.3, 0.4) is 0 Å². The van der Waals surface area contributed by atoms with Crippen LogP contribution in [0.15, 0.2) is 29.3 Å². The number of hydrogen-bond acceptors (Lipinski definition) is 3. The van der Waals surface area contributed by atoms with Gasteiger partial charge in [-0.3, -0.25) is 14.8 Å². The van der Waals surface area contributed by atoms with Crippen LogP contribution in [0.5, 0.6) is 0 Å². The normalized spacial score (nSPS) is 18.0. The van der Waals surface area contributed by atoms with Crippen molar-refractivity contribution in [1.82, 2.24) is 20.4 Å². The van der Waals surface area contributed by atoms with E-state index in [0.717, 1.165) is 44.7 Å². The minimum Gasteiger partial charge on any atom is -0.355 e. The lowest BCUT2D eigenvalue weighted by Gasteiger charge is -2.26. The van der Waals surface area contributed by atoms with Crippen molar-refractivity contribution in [2.24, 2.45) is 4.99 Å². The van der Waals surface area contributed by atoms with E-state index in [9.17, 15) is 0 Å². The van der Waals surface area contributed by atoms with Gasteiger partial charge in [0, 0.05) is 39.3 Å². The number of aliphatic imine (C=N–C) groups is 1. The highest BCUT2D eigenvalue weighted by atomic mass is 127. The second-order valence-electron chi connectivity index (χ2n) is 7.87. The van der Waals surface area contributed by atoms with Crippen LogP contribution in [0, 0.1) is 0 Å². The zero-order chi connectivity index (χ0) is 18.9. The fraction of sp³-hybridized carbons (Fsp3) is 0.682. The number of hydrogen-bond donors (Lipinski definition) is 2. The predicted molar refractivity (Wildman–Crippen MR) is 129 cm³/mol. The first-order valence-electron chi connectivity index (χ1n) is 10.8. The van der Waals surface area contributed by atoms with E-state index in [0.29, 0.717) is 0 Å². The first-order valence-corrected chi connectivity index (χ1v) is 10.8. The van der Waals surface area contributed by atoms with Gasteiger partial charge in [0.15, 0.2) is 5.96 Å². The first kappa shape index (κ1) is 23.4. The number of piperidine rings is 1. The molecule has 0 atom stereocenters. The molecule has 0 unspecified atom stereocenters. The third-order valence-corrected chi connectivity index (χ3v) is 5.72. The Kier molecular flexibility index (Phi) is 10.6. The van der Waals surface area contributed by atoms with Crippen molar-refractivity contribution in [2.75, 3.05) is 39.8 Å². The van der Waals surface area contributed by atoms with Crippen molar-refractivity contribution in [2.45, 2.75) is 58.2 Å². The standard InChI is InChI=1S/C22H37N5.HI/c1-3-27(21-11-12-21)16-13-24-22(23-2)25-17-19-7-9-20(10-8-19)18-26-14-5-4-6-15-26;/h7-10,21H,3-6,11-18H2,1-2H3,(H2,23,24,25);1H. The maximum atomic E-state index is 4.35. The lowest BCUT2D eigenvalue weighted by atomic mass is 10.1. The molecule has 1 saturated carbocycles. The molecular formula is C22H38IN5. The number of nitrogens with zero attached hydrogens (tertiary/aromatic N) is 3. The summed E-state index contributed by atoms with van der Waals surface area (Å²) < 4.78 is 0. The molecule has 6 heteroatoms. The highest BCUT2D eigenvalue weighted by molar-refractivity contribution is 14.0. The zero-order valence-corrected chi connectivity index (χ0v) is 20.0. The summed E-state index contributed by atoms with van der Waals surface area (Å²) in [5.74, 6) is 0.888. The van der Waals surface area contributed by atoms with E-state index in [4.69, 9.17) is 0 Å². The number of benzene rings is 1. The number of nitrogens with one attached hydrogen (secondary N) is 2. The van der Waals surface area contributed by atoms with E-state index in [1.807, 2.05) is 7.05 Å². The lowest BCUT2D eigenvalue weighted by molar-refractivity contribution is 0.221. The molecule has 5 nitrogen and oxygen atoms in total. The van der Waals surface area contributed by atoms with Crippen molar-refractivity contribution in [3.63, 3.8) is 0 Å². The molecule has 1 aliphatic carbocycles. The van der Waals surface area contributed by atoms with Crippen molar-refractivity contribution in [1.29, 1.82) is 0 Å². The smallest absolute Gasteiger partial charge is 0.191 e. The van der Waals surface area contributed by atoms with Crippen LogP contribution in [0.2, 0.25) is 0 Å². The van der Waals surface area contributed by atoms with Gasteiger partial charge in [-0.15, -0.1) is 24.0 Å². The Balaban J connectivity index is 0.00000280. The molecule has 158 valence electrons. The Labute approximate surface area is 188 Å². The maximum absolute atomic E-state index is 4.35. The quantitative estimate of drug-likeness (QED) is 0.311. The molecule has 0 radical (unpaired) electrons. The average Bonchev–Trinajstić information content (AvgIpc) is 3.55. The van der Waals surface area contributed by atoms with E-state index in [-0.39, 0.29) is 24.0 Å². The topological polar surface area (TPSA) is 42.9 Å². The molecule has 1 saturated heterocycles. The van der Waals surface area contributed by atoms with Crippen LogP contribution in [0.1, 0.15) is 50.2 Å². The third-order valence-electron chi connectivity index (χ3n) is 5.72. The van der Waals surface area contributed by atoms with Crippen molar-refractivity contribution in [3.05, 3.63) is 35.4 Å². The van der Waals surface area contributed by atoms with Gasteiger partial charge in [-0.2, -0.15) is 0 Å². The van der Waals surface area contributed by atoms with Gasteiger partial charge in [0.1, 0.15) is 0 Å². The summed E-state index contributed by atoms with van der Waals surface area (Å²) in [5, 5.41) is 6.88. The Morgan fingerprint density at radius 3 is 2.36 bits per heavy atom. The Bertz CT molecular complexity index is 579. The second kappa shape index (κ2) is 12.6. The average molecular weight is 499 g/mol. The minimum absolute atomic E-state index is 0. The Hall–Kier alpha value is -0.860. The third kappa shape index (κ3) is 7.87. The van der Waals surface area contributed by atoms with Crippen LogP contribution >= 0.6 is 24.0 Å². The highest BCUT2D eigenvalue weighted by Gasteiger charge is 2.27. The predicted octanol–water partition coefficient (Wildman–Crippen LogP) is 3.44. The molecule has 1 heterocycles. The van der Waals surface area contributed by atoms with Crippen molar-refractivity contribution in [3.8, 4) is 0 Å². The zero-order valence-electron chi connectivity index (χ0n) is 17.6. The monoisotopic (exact) mass is 499 g/mol. The van der Waals surface area contributed by atoms with Crippen molar-refractivity contribution >= 4 is 29.9 Å². The molecule has 2 N–H and O–H groups in total. The van der Waals surface area contributed by atoms with E-state index >= 15 is 0 Å². The molecule has 2 aliphatic rings. The van der Waals surface area contributed by atoms with Crippen LogP contribution in [-0.2, 0) is 13.1 Å². The van der Waals surface area contributed by atoms with Crippen LogP contribution in [-0.4, -0.2) is 61.6 Å². The SMILES string of the molecule is CCN(CCNC(=NC)NCc1ccc(CN2CCCCC2)cc1)C1CC1.I. The molecule has 0 bridgehead atoms. The molecule has 2 fully saturated rings. The van der Waals surface area contributed by atoms with Gasteiger partial charge < -0.3 is 10.6 Å². The molecule has 0 spiro atoms. The fourth-order valence-electron chi connectivity index (χ4n) is 3.90. The number of likely N-dealkylation sites (N-methyl/N-ethyl adjacent to an activating group) is 1. The maximum Gasteiger partial charge on any atom is 0.191 e. The van der Waals surface area contributed by atoms with E-state index in [2.05, 4.69) is 56.6 Å². The molecule has 1 aliphatic heterocycles. The summed E-state index contributed by atoms with van der Waals surface area (Å²) in [5.41, 5.74) is 2.72. The largest absolute Gasteiger partial charge is 0.355 e. The molecule has 28 heavy (non-hydrogen) atoms. The minimum atomic E-state index is 0. The van der Waals surface area contributed by atoms with Crippen LogP contribution in [0.25, 0.3) is 0 Å². The van der Waals surface area contributed by atoms with Gasteiger partial charge in [0.05, 0.1) is 0 Å². The highest BCUT2D eigenvalue weighted by Crippen LogP contribution is 2.25. The van der Waals surface area contributed by atoms with Gasteiger partial charge in [-0.25, -0.2) is 0 Å². The lowest BCUT2D eigenvalue weighted by Crippen LogP contribution is -2.41. The fourth-order valence-corrected chi connectivity index (χ4v) is 3.90. The molecule has 1 aromatic rings. The van der Waals surface area contributed by atoms with Gasteiger partial charge >= 0.3 is 0 Å². The van der Waals surface area contributed by atoms with E-state index in [1.54, 1.807) is 0 Å². The number of rotatable bonds is 9. The Morgan fingerprint density at radius 1 is 1.07 bits per heavy atom. The summed E-state index contributed by atoms with van der Waals surface area (Å²) >= 11 is 0. The molecule has 3 rings (SSSR count). The van der Waals surface area contributed by atoms with E-state index < -0.39 is 0 Å². The summed E-state index contributed by atoms with van der Waals surface area (Å²) in [6, 6.07) is 9.86. The number of guanidine groups is 1. The molecule has 0 amide bonds. The second-order valence-corrected chi connectivity index (χ2v) is 7.87. The summed E-state index contributed by atoms with van der Waals surface area (Å²) in [6.45, 7) is 9.83. The van der Waals surface area contributed by atoms with Gasteiger partial charge in [-0.1, -0.05) is 37.6 Å². The molecule has 0 aromatic heterocycles. The first-order chi connectivity index (χ1) is 13.3. The van der Waals surface area contributed by atoms with Gasteiger partial charge in [-0.05, 0) is 56.4 Å². The molecule has 1 aromatic carbocycles. The Morgan fingerprint density at radius 2 is 1.75 bits per heavy atom.